The molecule has 0 heterocycles. The summed E-state index contributed by atoms with van der Waals surface area (Å²) < 4.78 is 36.4. The number of benzene rings is 1. The molecule has 1 aromatic rings. The van der Waals surface area contributed by atoms with Crippen LogP contribution in [0, 0.1) is 11.3 Å². The van der Waals surface area contributed by atoms with Gasteiger partial charge < -0.3 is 18.7 Å². The van der Waals surface area contributed by atoms with Gasteiger partial charge in [-0.15, -0.1) is 5.46 Å². The molecule has 14 heavy (non-hydrogen) atoms. The number of nitrogens with two attached hydrogens (primary N) is 1. The third-order valence-corrected chi connectivity index (χ3v) is 1.58. The Morgan fingerprint density at radius 3 is 2.29 bits per heavy atom. The Morgan fingerprint density at radius 1 is 1.29 bits per heavy atom. The van der Waals surface area contributed by atoms with Crippen molar-refractivity contribution in [2.24, 2.45) is 0 Å². The molecular weight excluding hydrogens is 219 g/mol. The topological polar surface area (TPSA) is 49.8 Å². The first-order valence-electron chi connectivity index (χ1n) is 3.44. The predicted octanol–water partition coefficient (Wildman–Crippen LogP) is -1.80. The first-order chi connectivity index (χ1) is 5.95. The van der Waals surface area contributed by atoms with Crippen molar-refractivity contribution in [1.82, 2.24) is 0 Å². The summed E-state index contributed by atoms with van der Waals surface area (Å²) in [6, 6.07) is 4.31. The van der Waals surface area contributed by atoms with Gasteiger partial charge in [-0.2, -0.15) is 5.26 Å². The number of hydrogen-bond acceptors (Lipinski definition) is 2. The fourth-order valence-electron chi connectivity index (χ4n) is 0.874. The Labute approximate surface area is 122 Å². The Bertz CT molecular complexity index is 372. The summed E-state index contributed by atoms with van der Waals surface area (Å²) in [4.78, 5) is 0. The molecule has 0 unspecified atom stereocenters. The largest absolute Gasteiger partial charge is 1.00 e. The molecule has 1 aromatic carbocycles. The number of anilines is 1. The maximum Gasteiger partial charge on any atom is 1.00 e. The molecule has 0 spiro atoms. The molecule has 0 atom stereocenters. The van der Waals surface area contributed by atoms with Crippen molar-refractivity contribution >= 4 is 18.1 Å². The van der Waals surface area contributed by atoms with Gasteiger partial charge in [-0.05, 0) is 6.07 Å². The van der Waals surface area contributed by atoms with Gasteiger partial charge in [0.15, 0.2) is 0 Å². The van der Waals surface area contributed by atoms with E-state index >= 15 is 0 Å². The number of rotatable bonds is 1. The molecule has 0 aliphatic rings. The first-order valence-corrected chi connectivity index (χ1v) is 3.44. The molecule has 2 N–H and O–H groups in total. The Kier molecular flexibility index (Phi) is 5.19. The van der Waals surface area contributed by atoms with Crippen LogP contribution in [0.1, 0.15) is 5.56 Å². The van der Waals surface area contributed by atoms with E-state index in [2.05, 4.69) is 0 Å². The summed E-state index contributed by atoms with van der Waals surface area (Å²) in [6.45, 7) is -5.05. The Morgan fingerprint density at radius 2 is 1.86 bits per heavy atom. The maximum absolute atomic E-state index is 12.1. The van der Waals surface area contributed by atoms with E-state index in [1.54, 1.807) is 6.07 Å². The van der Waals surface area contributed by atoms with Gasteiger partial charge in [0.05, 0.1) is 5.56 Å². The second kappa shape index (κ2) is 5.19. The van der Waals surface area contributed by atoms with Crippen LogP contribution in [-0.4, -0.2) is 6.98 Å². The molecule has 7 heteroatoms. The van der Waals surface area contributed by atoms with E-state index in [1.807, 2.05) is 0 Å². The first kappa shape index (κ1) is 14.0. The minimum absolute atomic E-state index is 0. The van der Waals surface area contributed by atoms with Gasteiger partial charge in [0.25, 0.3) is 0 Å². The van der Waals surface area contributed by atoms with Crippen molar-refractivity contribution < 1.29 is 64.3 Å². The molecule has 0 radical (unpaired) electrons. The van der Waals surface area contributed by atoms with E-state index in [4.69, 9.17) is 11.0 Å². The van der Waals surface area contributed by atoms with Gasteiger partial charge in [0.2, 0.25) is 0 Å². The summed E-state index contributed by atoms with van der Waals surface area (Å²) in [5, 5.41) is 8.42. The third-order valence-electron chi connectivity index (χ3n) is 1.58. The van der Waals surface area contributed by atoms with Crippen molar-refractivity contribution in [3.05, 3.63) is 23.8 Å². The fraction of sp³-hybridized carbons (Fsp3) is 0. The maximum atomic E-state index is 12.1. The summed E-state index contributed by atoms with van der Waals surface area (Å²) in [5.41, 5.74) is 4.38. The van der Waals surface area contributed by atoms with Crippen LogP contribution < -0.4 is 62.6 Å². The molecule has 0 amide bonds. The van der Waals surface area contributed by atoms with Crippen molar-refractivity contribution in [1.29, 1.82) is 5.26 Å². The van der Waals surface area contributed by atoms with Crippen LogP contribution >= 0.6 is 0 Å². The van der Waals surface area contributed by atoms with Crippen LogP contribution in [0.2, 0.25) is 0 Å². The summed E-state index contributed by atoms with van der Waals surface area (Å²) >= 11 is 0. The average molecular weight is 224 g/mol. The van der Waals surface area contributed by atoms with Gasteiger partial charge in [-0.3, -0.25) is 0 Å². The number of nitrogen functional groups attached to an aromatic ring is 1. The van der Waals surface area contributed by atoms with E-state index in [1.165, 1.54) is 0 Å². The average Bonchev–Trinajstić information content (AvgIpc) is 2.03. The molecule has 0 aromatic heterocycles. The van der Waals surface area contributed by atoms with E-state index in [-0.39, 0.29) is 62.6 Å². The quantitative estimate of drug-likeness (QED) is 0.452. The molecule has 1 rings (SSSR count). The number of halogens is 3. The van der Waals surface area contributed by atoms with Gasteiger partial charge in [0, 0.05) is 5.69 Å². The van der Waals surface area contributed by atoms with Crippen LogP contribution in [0.5, 0.6) is 0 Å². The van der Waals surface area contributed by atoms with E-state index in [9.17, 15) is 12.9 Å². The van der Waals surface area contributed by atoms with Gasteiger partial charge >= 0.3 is 58.4 Å². The molecule has 68 valence electrons. The van der Waals surface area contributed by atoms with Crippen LogP contribution in [0.4, 0.5) is 18.6 Å². The van der Waals surface area contributed by atoms with E-state index in [0.29, 0.717) is 0 Å². The van der Waals surface area contributed by atoms with Crippen molar-refractivity contribution in [2.45, 2.75) is 0 Å². The number of nitrogens with zero attached hydrogens (tertiary/aromatic N) is 1. The molecule has 0 bridgehead atoms. The zero-order chi connectivity index (χ0) is 10.1. The second-order valence-electron chi connectivity index (χ2n) is 2.53. The van der Waals surface area contributed by atoms with E-state index in [0.717, 1.165) is 18.2 Å². The smallest absolute Gasteiger partial charge is 0.445 e. The zero-order valence-corrected chi connectivity index (χ0v) is 10.6. The molecule has 2 nitrogen and oxygen atoms in total. The molecule has 0 aliphatic carbocycles. The van der Waals surface area contributed by atoms with Crippen molar-refractivity contribution in [2.75, 3.05) is 5.73 Å². The van der Waals surface area contributed by atoms with Crippen LogP contribution in [0.3, 0.4) is 0 Å². The van der Waals surface area contributed by atoms with E-state index < -0.39 is 12.4 Å². The minimum atomic E-state index is -5.05. The third kappa shape index (κ3) is 3.29. The van der Waals surface area contributed by atoms with Gasteiger partial charge in [0.1, 0.15) is 6.07 Å². The molecule has 0 fully saturated rings. The number of hydrogen-bond donors (Lipinski definition) is 1. The predicted molar refractivity (Wildman–Crippen MR) is 44.3 cm³/mol. The van der Waals surface area contributed by atoms with Crippen LogP contribution in [0.25, 0.3) is 0 Å². The fourth-order valence-corrected chi connectivity index (χ4v) is 0.874. The molecule has 0 saturated heterocycles. The Balaban J connectivity index is 0.00000169. The summed E-state index contributed by atoms with van der Waals surface area (Å²) in [5.74, 6) is 0. The zero-order valence-electron chi connectivity index (χ0n) is 7.47. The number of nitriles is 1. The monoisotopic (exact) mass is 224 g/mol. The summed E-state index contributed by atoms with van der Waals surface area (Å²) in [6.07, 6.45) is 0. The van der Waals surface area contributed by atoms with Crippen LogP contribution in [0.15, 0.2) is 18.2 Å². The Hall–Kier alpha value is 0.00130. The minimum Gasteiger partial charge on any atom is -0.445 e. The molecule has 0 saturated carbocycles. The van der Waals surface area contributed by atoms with Crippen molar-refractivity contribution in [3.8, 4) is 6.07 Å². The normalized spacial score (nSPS) is 10.1. The van der Waals surface area contributed by atoms with Gasteiger partial charge in [-0.1, -0.05) is 12.1 Å². The summed E-state index contributed by atoms with van der Waals surface area (Å²) in [7, 11) is 0. The van der Waals surface area contributed by atoms with Crippen molar-refractivity contribution in [3.63, 3.8) is 0 Å². The van der Waals surface area contributed by atoms with Gasteiger partial charge in [-0.25, -0.2) is 0 Å². The van der Waals surface area contributed by atoms with Crippen LogP contribution in [-0.2, 0) is 0 Å². The molecule has 0 aliphatic heterocycles. The molecular formula is C7H5BF3KN2. The second-order valence-corrected chi connectivity index (χ2v) is 2.53. The standard InChI is InChI=1S/C7H5BF3N2.K/c9-8(10,11)6-1-2-7(13)5(3-6)4-12;/h1-3H,13H2;/q-1;+1. The SMILES string of the molecule is N#Cc1cc([B-](F)(F)F)ccc1N.[K+].